The van der Waals surface area contributed by atoms with Crippen molar-refractivity contribution in [1.82, 2.24) is 0 Å². The zero-order valence-corrected chi connectivity index (χ0v) is 15.5. The molecule has 0 aliphatic heterocycles. The minimum Gasteiger partial charge on any atom is -0.507 e. The summed E-state index contributed by atoms with van der Waals surface area (Å²) in [6.45, 7) is 1.38. The summed E-state index contributed by atoms with van der Waals surface area (Å²) in [5, 5.41) is 10.2. The minimum absolute atomic E-state index is 0.0160. The largest absolute Gasteiger partial charge is 0.507 e. The smallest absolute Gasteiger partial charge is 0.210 e. The molecule has 0 aromatic heterocycles. The normalized spacial score (nSPS) is 12.0. The Morgan fingerprint density at radius 2 is 1.12 bits per heavy atom. The number of rotatable bonds is 4. The second kappa shape index (κ2) is 6.59. The van der Waals surface area contributed by atoms with E-state index in [9.17, 15) is 21.9 Å². The Balaban J connectivity index is 2.27. The van der Waals surface area contributed by atoms with Gasteiger partial charge in [-0.15, -0.1) is 0 Å². The Morgan fingerprint density at radius 3 is 1.62 bits per heavy atom. The Labute approximate surface area is 152 Å². The zero-order valence-electron chi connectivity index (χ0n) is 13.8. The van der Waals surface area contributed by atoms with Crippen LogP contribution >= 0.6 is 0 Å². The highest BCUT2D eigenvalue weighted by Crippen LogP contribution is 2.36. The van der Waals surface area contributed by atoms with E-state index in [2.05, 4.69) is 0 Å². The number of sulfone groups is 2. The van der Waals surface area contributed by atoms with Crippen LogP contribution in [0.5, 0.6) is 5.75 Å². The highest BCUT2D eigenvalue weighted by molar-refractivity contribution is 7.92. The van der Waals surface area contributed by atoms with E-state index in [0.717, 1.165) is 6.07 Å². The van der Waals surface area contributed by atoms with E-state index in [1.165, 1.54) is 37.3 Å². The van der Waals surface area contributed by atoms with E-state index in [1.807, 2.05) is 0 Å². The van der Waals surface area contributed by atoms with Crippen molar-refractivity contribution in [2.24, 2.45) is 0 Å². The first-order chi connectivity index (χ1) is 12.3. The number of phenols is 1. The molecular formula is C19H16O5S2. The van der Waals surface area contributed by atoms with Crippen molar-refractivity contribution in [3.63, 3.8) is 0 Å². The van der Waals surface area contributed by atoms with Crippen LogP contribution < -0.4 is 0 Å². The van der Waals surface area contributed by atoms with Gasteiger partial charge in [0.15, 0.2) is 0 Å². The molecular weight excluding hydrogens is 372 g/mol. The molecule has 0 bridgehead atoms. The molecule has 134 valence electrons. The molecule has 3 rings (SSSR count). The van der Waals surface area contributed by atoms with Crippen molar-refractivity contribution >= 4 is 19.7 Å². The Bertz CT molecular complexity index is 1150. The quantitative estimate of drug-likeness (QED) is 0.740. The summed E-state index contributed by atoms with van der Waals surface area (Å²) < 4.78 is 51.7. The molecule has 0 aliphatic carbocycles. The van der Waals surface area contributed by atoms with Crippen LogP contribution in [0.25, 0.3) is 0 Å². The average Bonchev–Trinajstić information content (AvgIpc) is 2.63. The van der Waals surface area contributed by atoms with Gasteiger partial charge in [0.2, 0.25) is 19.7 Å². The molecule has 3 aromatic carbocycles. The summed E-state index contributed by atoms with van der Waals surface area (Å²) in [6, 6.07) is 17.6. The van der Waals surface area contributed by atoms with E-state index >= 15 is 0 Å². The van der Waals surface area contributed by atoms with E-state index in [4.69, 9.17) is 0 Å². The molecule has 0 unspecified atom stereocenters. The van der Waals surface area contributed by atoms with Gasteiger partial charge >= 0.3 is 0 Å². The predicted molar refractivity (Wildman–Crippen MR) is 96.6 cm³/mol. The third-order valence-electron chi connectivity index (χ3n) is 4.00. The summed E-state index contributed by atoms with van der Waals surface area (Å²) in [5.74, 6) is -0.488. The van der Waals surface area contributed by atoms with Crippen LogP contribution in [0.2, 0.25) is 0 Å². The fraction of sp³-hybridized carbons (Fsp3) is 0.0526. The molecule has 0 spiro atoms. The average molecular weight is 388 g/mol. The van der Waals surface area contributed by atoms with Crippen LogP contribution in [0.3, 0.4) is 0 Å². The van der Waals surface area contributed by atoms with Gasteiger partial charge in [0.05, 0.1) is 14.7 Å². The topological polar surface area (TPSA) is 88.5 Å². The van der Waals surface area contributed by atoms with Crippen LogP contribution in [0, 0.1) is 6.92 Å². The number of hydrogen-bond donors (Lipinski definition) is 1. The molecule has 3 aromatic rings. The van der Waals surface area contributed by atoms with Gasteiger partial charge in [-0.3, -0.25) is 0 Å². The fourth-order valence-corrected chi connectivity index (χ4v) is 5.93. The van der Waals surface area contributed by atoms with Gasteiger partial charge in [-0.25, -0.2) is 16.8 Å². The standard InChI is InChI=1S/C19H16O5S2/c1-14-18(25(21,22)15-8-4-2-5-9-15)13-12-17(20)19(14)26(23,24)16-10-6-3-7-11-16/h2-13,20H,1H3. The van der Waals surface area contributed by atoms with E-state index in [1.54, 1.807) is 36.4 Å². The van der Waals surface area contributed by atoms with Crippen LogP contribution in [0.15, 0.2) is 92.4 Å². The molecule has 0 aliphatic rings. The first-order valence-electron chi connectivity index (χ1n) is 7.69. The summed E-state index contributed by atoms with van der Waals surface area (Å²) in [7, 11) is -8.01. The first kappa shape index (κ1) is 18.2. The SMILES string of the molecule is Cc1c(S(=O)(=O)c2ccccc2)ccc(O)c1S(=O)(=O)c1ccccc1. The number of hydrogen-bond acceptors (Lipinski definition) is 5. The van der Waals surface area contributed by atoms with Crippen LogP contribution in [0.1, 0.15) is 5.56 Å². The molecule has 1 N–H and O–H groups in total. The summed E-state index contributed by atoms with van der Waals surface area (Å²) in [4.78, 5) is -0.527. The minimum atomic E-state index is -4.08. The highest BCUT2D eigenvalue weighted by Gasteiger charge is 2.29. The Kier molecular flexibility index (Phi) is 4.60. The lowest BCUT2D eigenvalue weighted by Gasteiger charge is -2.14. The molecule has 26 heavy (non-hydrogen) atoms. The molecule has 0 radical (unpaired) electrons. The highest BCUT2D eigenvalue weighted by atomic mass is 32.2. The number of phenolic OH excluding ortho intramolecular Hbond substituents is 1. The Hall–Kier alpha value is -2.64. The van der Waals surface area contributed by atoms with Crippen molar-refractivity contribution in [1.29, 1.82) is 0 Å². The van der Waals surface area contributed by atoms with Gasteiger partial charge in [0, 0.05) is 0 Å². The molecule has 0 atom stereocenters. The van der Waals surface area contributed by atoms with Gasteiger partial charge in [-0.2, -0.15) is 0 Å². The third-order valence-corrected chi connectivity index (χ3v) is 7.86. The maximum absolute atomic E-state index is 12.9. The van der Waals surface area contributed by atoms with E-state index in [0.29, 0.717) is 0 Å². The van der Waals surface area contributed by atoms with Crippen molar-refractivity contribution in [2.45, 2.75) is 26.5 Å². The molecule has 0 amide bonds. The lowest BCUT2D eigenvalue weighted by molar-refractivity contribution is 0.456. The van der Waals surface area contributed by atoms with E-state index < -0.39 is 30.3 Å². The summed E-state index contributed by atoms with van der Waals surface area (Å²) in [5.41, 5.74) is -0.0160. The maximum atomic E-state index is 12.9. The van der Waals surface area contributed by atoms with Gasteiger partial charge < -0.3 is 5.11 Å². The molecule has 7 heteroatoms. The fourth-order valence-electron chi connectivity index (χ4n) is 2.73. The van der Waals surface area contributed by atoms with Crippen LogP contribution in [0.4, 0.5) is 0 Å². The van der Waals surface area contributed by atoms with Gasteiger partial charge in [-0.05, 0) is 48.9 Å². The molecule has 0 fully saturated rings. The maximum Gasteiger partial charge on any atom is 0.210 e. The van der Waals surface area contributed by atoms with Crippen LogP contribution in [-0.2, 0) is 19.7 Å². The van der Waals surface area contributed by atoms with Gasteiger partial charge in [0.25, 0.3) is 0 Å². The monoisotopic (exact) mass is 388 g/mol. The van der Waals surface area contributed by atoms with Crippen molar-refractivity contribution < 1.29 is 21.9 Å². The summed E-state index contributed by atoms with van der Waals surface area (Å²) in [6.07, 6.45) is 0. The lowest BCUT2D eigenvalue weighted by Crippen LogP contribution is -2.10. The lowest BCUT2D eigenvalue weighted by atomic mass is 10.2. The Morgan fingerprint density at radius 1 is 0.654 bits per heavy atom. The van der Waals surface area contributed by atoms with Crippen molar-refractivity contribution in [2.75, 3.05) is 0 Å². The second-order valence-corrected chi connectivity index (χ2v) is 9.47. The second-order valence-electron chi connectivity index (χ2n) is 5.67. The first-order valence-corrected chi connectivity index (χ1v) is 10.7. The summed E-state index contributed by atoms with van der Waals surface area (Å²) >= 11 is 0. The predicted octanol–water partition coefficient (Wildman–Crippen LogP) is 3.37. The number of aromatic hydroxyl groups is 1. The van der Waals surface area contributed by atoms with E-state index in [-0.39, 0.29) is 20.2 Å². The zero-order chi connectivity index (χ0) is 18.9. The van der Waals surface area contributed by atoms with Gasteiger partial charge in [0.1, 0.15) is 10.6 Å². The van der Waals surface area contributed by atoms with Crippen molar-refractivity contribution in [3.8, 4) is 5.75 Å². The van der Waals surface area contributed by atoms with Crippen LogP contribution in [-0.4, -0.2) is 21.9 Å². The molecule has 0 heterocycles. The molecule has 5 nitrogen and oxygen atoms in total. The third kappa shape index (κ3) is 3.00. The number of benzene rings is 3. The molecule has 0 saturated carbocycles. The van der Waals surface area contributed by atoms with Gasteiger partial charge in [-0.1, -0.05) is 36.4 Å². The van der Waals surface area contributed by atoms with Crippen molar-refractivity contribution in [3.05, 3.63) is 78.4 Å². The molecule has 0 saturated heterocycles.